The van der Waals surface area contributed by atoms with Crippen LogP contribution in [0, 0.1) is 5.92 Å². The number of nitrogen functional groups attached to an aromatic ring is 1. The number of aryl methyl sites for hydroxylation is 1. The second kappa shape index (κ2) is 5.71. The minimum absolute atomic E-state index is 0.0721. The molecule has 0 atom stereocenters. The third-order valence-electron chi connectivity index (χ3n) is 3.64. The van der Waals surface area contributed by atoms with Crippen molar-refractivity contribution in [3.05, 3.63) is 6.20 Å². The van der Waals surface area contributed by atoms with E-state index < -0.39 is 10.0 Å². The van der Waals surface area contributed by atoms with E-state index in [1.165, 1.54) is 15.2 Å². The van der Waals surface area contributed by atoms with Crippen LogP contribution in [-0.4, -0.2) is 61.1 Å². The van der Waals surface area contributed by atoms with Gasteiger partial charge in [0.1, 0.15) is 4.90 Å². The van der Waals surface area contributed by atoms with Crippen molar-refractivity contribution in [3.8, 4) is 0 Å². The third-order valence-corrected chi connectivity index (χ3v) is 5.55. The summed E-state index contributed by atoms with van der Waals surface area (Å²) >= 11 is 0. The van der Waals surface area contributed by atoms with E-state index >= 15 is 0 Å². The van der Waals surface area contributed by atoms with Crippen LogP contribution < -0.4 is 5.73 Å². The number of rotatable bonds is 4. The molecular weight excluding hydrogens is 278 g/mol. The number of hydrogen-bond donors (Lipinski definition) is 1. The first-order valence-corrected chi connectivity index (χ1v) is 8.18. The van der Waals surface area contributed by atoms with Gasteiger partial charge in [0.2, 0.25) is 10.0 Å². The molecule has 1 fully saturated rings. The minimum atomic E-state index is -3.51. The Morgan fingerprint density at radius 2 is 2.00 bits per heavy atom. The second-order valence-corrected chi connectivity index (χ2v) is 7.57. The number of piperidine rings is 1. The van der Waals surface area contributed by atoms with E-state index in [4.69, 9.17) is 5.73 Å². The SMILES string of the molecule is CN(C)CC1CCN(S(=O)(=O)c2cn(C)nc2N)CC1. The fraction of sp³-hybridized carbons (Fsp3) is 0.750. The van der Waals surface area contributed by atoms with Crippen molar-refractivity contribution in [1.82, 2.24) is 19.0 Å². The van der Waals surface area contributed by atoms with E-state index in [0.29, 0.717) is 19.0 Å². The molecule has 2 N–H and O–H groups in total. The Morgan fingerprint density at radius 3 is 2.45 bits per heavy atom. The van der Waals surface area contributed by atoms with Crippen molar-refractivity contribution in [2.24, 2.45) is 13.0 Å². The predicted octanol–water partition coefficient (Wildman–Crippen LogP) is -0.0354. The molecule has 0 amide bonds. The molecule has 0 bridgehead atoms. The lowest BCUT2D eigenvalue weighted by atomic mass is 9.98. The Labute approximate surface area is 120 Å². The van der Waals surface area contributed by atoms with Gasteiger partial charge in [-0.25, -0.2) is 8.42 Å². The third kappa shape index (κ3) is 3.13. The zero-order valence-electron chi connectivity index (χ0n) is 12.3. The molecule has 20 heavy (non-hydrogen) atoms. The Kier molecular flexibility index (Phi) is 4.36. The highest BCUT2D eigenvalue weighted by atomic mass is 32.2. The highest BCUT2D eigenvalue weighted by Gasteiger charge is 2.32. The largest absolute Gasteiger partial charge is 0.381 e. The molecule has 0 aromatic carbocycles. The van der Waals surface area contributed by atoms with Crippen molar-refractivity contribution in [1.29, 1.82) is 0 Å². The van der Waals surface area contributed by atoms with Crippen LogP contribution in [0.15, 0.2) is 11.1 Å². The lowest BCUT2D eigenvalue weighted by molar-refractivity contribution is 0.225. The zero-order chi connectivity index (χ0) is 14.9. The summed E-state index contributed by atoms with van der Waals surface area (Å²) in [6, 6.07) is 0. The Hall–Kier alpha value is -1.12. The first-order chi connectivity index (χ1) is 9.30. The van der Waals surface area contributed by atoms with Gasteiger partial charge >= 0.3 is 0 Å². The lowest BCUT2D eigenvalue weighted by Gasteiger charge is -2.32. The van der Waals surface area contributed by atoms with Crippen molar-refractivity contribution in [2.75, 3.05) is 39.5 Å². The van der Waals surface area contributed by atoms with Crippen LogP contribution in [0.2, 0.25) is 0 Å². The topological polar surface area (TPSA) is 84.5 Å². The van der Waals surface area contributed by atoms with E-state index in [-0.39, 0.29) is 10.7 Å². The van der Waals surface area contributed by atoms with Crippen LogP contribution >= 0.6 is 0 Å². The Bertz CT molecular complexity index is 558. The smallest absolute Gasteiger partial charge is 0.248 e. The lowest BCUT2D eigenvalue weighted by Crippen LogP contribution is -2.40. The number of nitrogens with two attached hydrogens (primary N) is 1. The molecule has 0 aliphatic carbocycles. The number of anilines is 1. The first kappa shape index (κ1) is 15.3. The van der Waals surface area contributed by atoms with E-state index in [1.54, 1.807) is 7.05 Å². The van der Waals surface area contributed by atoms with Gasteiger partial charge in [0.15, 0.2) is 5.82 Å². The van der Waals surface area contributed by atoms with Gasteiger partial charge in [0, 0.05) is 32.9 Å². The normalized spacial score (nSPS) is 18.8. The molecule has 2 heterocycles. The van der Waals surface area contributed by atoms with Gasteiger partial charge < -0.3 is 10.6 Å². The first-order valence-electron chi connectivity index (χ1n) is 6.74. The summed E-state index contributed by atoms with van der Waals surface area (Å²) in [6.07, 6.45) is 3.24. The molecule has 1 aliphatic rings. The molecule has 0 radical (unpaired) electrons. The number of nitrogens with zero attached hydrogens (tertiary/aromatic N) is 4. The average Bonchev–Trinajstić information content (AvgIpc) is 2.69. The summed E-state index contributed by atoms with van der Waals surface area (Å²) in [5, 5.41) is 3.91. The summed E-state index contributed by atoms with van der Waals surface area (Å²) in [6.45, 7) is 2.10. The number of aromatic nitrogens is 2. The summed E-state index contributed by atoms with van der Waals surface area (Å²) in [7, 11) is 2.24. The molecule has 1 saturated heterocycles. The average molecular weight is 301 g/mol. The monoisotopic (exact) mass is 301 g/mol. The molecule has 8 heteroatoms. The van der Waals surface area contributed by atoms with E-state index in [2.05, 4.69) is 10.00 Å². The summed E-state index contributed by atoms with van der Waals surface area (Å²) in [5.41, 5.74) is 5.68. The summed E-state index contributed by atoms with van der Waals surface area (Å²) in [4.78, 5) is 2.26. The molecule has 2 rings (SSSR count). The van der Waals surface area contributed by atoms with Gasteiger partial charge in [-0.1, -0.05) is 0 Å². The zero-order valence-corrected chi connectivity index (χ0v) is 13.1. The minimum Gasteiger partial charge on any atom is -0.381 e. The Balaban J connectivity index is 2.08. The van der Waals surface area contributed by atoms with Crippen LogP contribution in [0.4, 0.5) is 5.82 Å². The molecule has 1 aromatic heterocycles. The molecule has 0 spiro atoms. The standard InChI is InChI=1S/C12H23N5O2S/c1-15(2)8-10-4-6-17(7-5-10)20(18,19)11-9-16(3)14-12(11)13/h9-10H,4-8H2,1-3H3,(H2,13,14). The molecule has 1 aromatic rings. The van der Waals surface area contributed by atoms with Crippen LogP contribution in [0.5, 0.6) is 0 Å². The summed E-state index contributed by atoms with van der Waals surface area (Å²) < 4.78 is 28.0. The summed E-state index contributed by atoms with van der Waals surface area (Å²) in [5.74, 6) is 0.630. The second-order valence-electron chi connectivity index (χ2n) is 5.66. The highest BCUT2D eigenvalue weighted by molar-refractivity contribution is 7.89. The van der Waals surface area contributed by atoms with Gasteiger partial charge in [-0.2, -0.15) is 9.40 Å². The van der Waals surface area contributed by atoms with E-state index in [0.717, 1.165) is 19.4 Å². The molecule has 0 saturated carbocycles. The molecule has 7 nitrogen and oxygen atoms in total. The van der Waals surface area contributed by atoms with Crippen LogP contribution in [0.25, 0.3) is 0 Å². The van der Waals surface area contributed by atoms with Crippen molar-refractivity contribution >= 4 is 15.8 Å². The van der Waals surface area contributed by atoms with Crippen LogP contribution in [0.3, 0.4) is 0 Å². The quantitative estimate of drug-likeness (QED) is 0.844. The fourth-order valence-electron chi connectivity index (χ4n) is 2.67. The highest BCUT2D eigenvalue weighted by Crippen LogP contribution is 2.26. The number of hydrogen-bond acceptors (Lipinski definition) is 5. The predicted molar refractivity (Wildman–Crippen MR) is 77.7 cm³/mol. The molecule has 114 valence electrons. The molecule has 1 aliphatic heterocycles. The van der Waals surface area contributed by atoms with E-state index in [1.807, 2.05) is 14.1 Å². The van der Waals surface area contributed by atoms with Gasteiger partial charge in [0.05, 0.1) is 0 Å². The van der Waals surface area contributed by atoms with E-state index in [9.17, 15) is 8.42 Å². The van der Waals surface area contributed by atoms with Gasteiger partial charge in [-0.05, 0) is 32.9 Å². The fourth-order valence-corrected chi connectivity index (χ4v) is 4.23. The van der Waals surface area contributed by atoms with Crippen LogP contribution in [0.1, 0.15) is 12.8 Å². The Morgan fingerprint density at radius 1 is 1.40 bits per heavy atom. The maximum Gasteiger partial charge on any atom is 0.248 e. The van der Waals surface area contributed by atoms with Crippen molar-refractivity contribution in [2.45, 2.75) is 17.7 Å². The van der Waals surface area contributed by atoms with Crippen LogP contribution in [-0.2, 0) is 17.1 Å². The maximum atomic E-state index is 12.5. The van der Waals surface area contributed by atoms with Crippen molar-refractivity contribution < 1.29 is 8.42 Å². The van der Waals surface area contributed by atoms with Gasteiger partial charge in [0.25, 0.3) is 0 Å². The maximum absolute atomic E-state index is 12.5. The van der Waals surface area contributed by atoms with Gasteiger partial charge in [-0.15, -0.1) is 0 Å². The number of sulfonamides is 1. The van der Waals surface area contributed by atoms with Gasteiger partial charge in [-0.3, -0.25) is 4.68 Å². The molecular formula is C12H23N5O2S. The molecule has 0 unspecified atom stereocenters. The van der Waals surface area contributed by atoms with Crippen molar-refractivity contribution in [3.63, 3.8) is 0 Å².